The Balaban J connectivity index is 1.73. The lowest BCUT2D eigenvalue weighted by atomic mass is 9.93. The minimum atomic E-state index is -0.0851. The number of carbonyl (C=O) groups excluding carboxylic acids is 1. The molecule has 1 aliphatic heterocycles. The Labute approximate surface area is 131 Å². The van der Waals surface area contributed by atoms with Crippen LogP contribution in [0.2, 0.25) is 0 Å². The van der Waals surface area contributed by atoms with Crippen molar-refractivity contribution in [3.8, 4) is 0 Å². The second-order valence-electron chi connectivity index (χ2n) is 6.03. The van der Waals surface area contributed by atoms with Crippen LogP contribution in [0.15, 0.2) is 60.7 Å². The summed E-state index contributed by atoms with van der Waals surface area (Å²) in [6.07, 6.45) is 0.535. The van der Waals surface area contributed by atoms with Gasteiger partial charge < -0.3 is 10.6 Å². The number of nitrogens with zero attached hydrogens (tertiary/aromatic N) is 1. The van der Waals surface area contributed by atoms with Crippen LogP contribution >= 0.6 is 0 Å². The Morgan fingerprint density at radius 3 is 2.14 bits per heavy atom. The van der Waals surface area contributed by atoms with Crippen molar-refractivity contribution in [3.05, 3.63) is 71.8 Å². The third-order valence-corrected chi connectivity index (χ3v) is 4.63. The summed E-state index contributed by atoms with van der Waals surface area (Å²) in [5.74, 6) is 0.383. The smallest absolute Gasteiger partial charge is 0.223 e. The molecule has 0 radical (unpaired) electrons. The summed E-state index contributed by atoms with van der Waals surface area (Å²) in [4.78, 5) is 14.4. The third-order valence-electron chi connectivity index (χ3n) is 4.63. The molecule has 0 saturated carbocycles. The summed E-state index contributed by atoms with van der Waals surface area (Å²) in [6, 6.07) is 20.2. The fourth-order valence-corrected chi connectivity index (χ4v) is 3.23. The van der Waals surface area contributed by atoms with E-state index in [0.29, 0.717) is 6.42 Å². The van der Waals surface area contributed by atoms with Gasteiger partial charge in [0.25, 0.3) is 0 Å². The molecule has 0 bridgehead atoms. The lowest BCUT2D eigenvalue weighted by Gasteiger charge is -2.26. The van der Waals surface area contributed by atoms with Gasteiger partial charge >= 0.3 is 0 Å². The molecule has 1 saturated heterocycles. The van der Waals surface area contributed by atoms with Crippen LogP contribution in [0.25, 0.3) is 0 Å². The molecule has 0 aromatic heterocycles. The number of hydrogen-bond acceptors (Lipinski definition) is 2. The van der Waals surface area contributed by atoms with Crippen LogP contribution in [0.1, 0.15) is 36.6 Å². The van der Waals surface area contributed by atoms with Gasteiger partial charge in [-0.25, -0.2) is 0 Å². The van der Waals surface area contributed by atoms with E-state index < -0.39 is 0 Å². The fourth-order valence-electron chi connectivity index (χ4n) is 3.23. The first kappa shape index (κ1) is 14.8. The lowest BCUT2D eigenvalue weighted by Crippen LogP contribution is -2.30. The molecule has 1 fully saturated rings. The molecule has 1 aliphatic rings. The summed E-state index contributed by atoms with van der Waals surface area (Å²) in [7, 11) is 0. The largest absolute Gasteiger partial charge is 0.336 e. The van der Waals surface area contributed by atoms with Gasteiger partial charge in [0.15, 0.2) is 0 Å². The predicted octanol–water partition coefficient (Wildman–Crippen LogP) is 3.30. The number of rotatable bonds is 4. The Bertz CT molecular complexity index is 626. The summed E-state index contributed by atoms with van der Waals surface area (Å²) in [5, 5.41) is 0. The van der Waals surface area contributed by atoms with E-state index in [0.717, 1.165) is 12.1 Å². The van der Waals surface area contributed by atoms with Crippen LogP contribution in [-0.4, -0.2) is 17.4 Å². The van der Waals surface area contributed by atoms with E-state index in [1.165, 1.54) is 5.56 Å². The maximum atomic E-state index is 12.4. The number of hydrogen-bond donors (Lipinski definition) is 1. The van der Waals surface area contributed by atoms with E-state index in [9.17, 15) is 4.79 Å². The van der Waals surface area contributed by atoms with E-state index >= 15 is 0 Å². The highest BCUT2D eigenvalue weighted by atomic mass is 16.2. The molecule has 1 amide bonds. The van der Waals surface area contributed by atoms with Crippen molar-refractivity contribution in [3.63, 3.8) is 0 Å². The number of benzene rings is 2. The van der Waals surface area contributed by atoms with Gasteiger partial charge in [-0.1, -0.05) is 60.7 Å². The van der Waals surface area contributed by atoms with Crippen LogP contribution < -0.4 is 5.73 Å². The average molecular weight is 294 g/mol. The second-order valence-corrected chi connectivity index (χ2v) is 6.03. The van der Waals surface area contributed by atoms with E-state index in [1.54, 1.807) is 0 Å². The molecule has 1 heterocycles. The standard InChI is InChI=1S/C19H22N2O/c1-14(15-8-4-2-5-9-15)21-13-17(12-18(21)22)19(20)16-10-6-3-7-11-16/h2-11,14,17,19H,12-13,20H2,1H3. The Morgan fingerprint density at radius 2 is 1.55 bits per heavy atom. The van der Waals surface area contributed by atoms with Crippen molar-refractivity contribution in [2.45, 2.75) is 25.4 Å². The van der Waals surface area contributed by atoms with Gasteiger partial charge in [-0.2, -0.15) is 0 Å². The van der Waals surface area contributed by atoms with Crippen molar-refractivity contribution < 1.29 is 4.79 Å². The molecule has 3 unspecified atom stereocenters. The minimum Gasteiger partial charge on any atom is -0.336 e. The van der Waals surface area contributed by atoms with Crippen LogP contribution in [0, 0.1) is 5.92 Å². The third kappa shape index (κ3) is 2.90. The van der Waals surface area contributed by atoms with E-state index in [1.807, 2.05) is 53.4 Å². The Kier molecular flexibility index (Phi) is 4.25. The average Bonchev–Trinajstić information content (AvgIpc) is 2.97. The number of amides is 1. The molecule has 0 spiro atoms. The normalized spacial score (nSPS) is 20.9. The number of likely N-dealkylation sites (tertiary alicyclic amines) is 1. The van der Waals surface area contributed by atoms with E-state index in [4.69, 9.17) is 5.73 Å². The summed E-state index contributed by atoms with van der Waals surface area (Å²) in [5.41, 5.74) is 8.66. The zero-order valence-electron chi connectivity index (χ0n) is 12.9. The van der Waals surface area contributed by atoms with Gasteiger partial charge in [0.2, 0.25) is 5.91 Å². The number of nitrogens with two attached hydrogens (primary N) is 1. The highest BCUT2D eigenvalue weighted by molar-refractivity contribution is 5.79. The molecule has 2 N–H and O–H groups in total. The molecule has 3 nitrogen and oxygen atoms in total. The molecule has 0 aliphatic carbocycles. The zero-order chi connectivity index (χ0) is 15.5. The quantitative estimate of drug-likeness (QED) is 0.940. The first-order chi connectivity index (χ1) is 10.7. The predicted molar refractivity (Wildman–Crippen MR) is 88.0 cm³/mol. The molecule has 3 rings (SSSR count). The summed E-state index contributed by atoms with van der Waals surface area (Å²) >= 11 is 0. The molecule has 22 heavy (non-hydrogen) atoms. The molecule has 2 aromatic carbocycles. The minimum absolute atomic E-state index is 0.0851. The van der Waals surface area contributed by atoms with Crippen LogP contribution in [0.3, 0.4) is 0 Å². The first-order valence-corrected chi connectivity index (χ1v) is 7.81. The maximum Gasteiger partial charge on any atom is 0.223 e. The van der Waals surface area contributed by atoms with Crippen molar-refractivity contribution in [2.75, 3.05) is 6.54 Å². The highest BCUT2D eigenvalue weighted by Crippen LogP contribution is 2.33. The van der Waals surface area contributed by atoms with Gasteiger partial charge in [-0.3, -0.25) is 4.79 Å². The van der Waals surface area contributed by atoms with Crippen molar-refractivity contribution in [2.24, 2.45) is 11.7 Å². The fraction of sp³-hybridized carbons (Fsp3) is 0.316. The van der Waals surface area contributed by atoms with E-state index in [-0.39, 0.29) is 23.9 Å². The zero-order valence-corrected chi connectivity index (χ0v) is 12.9. The number of carbonyl (C=O) groups is 1. The van der Waals surface area contributed by atoms with Crippen molar-refractivity contribution in [1.29, 1.82) is 0 Å². The molecule has 3 heteroatoms. The molecule has 3 atom stereocenters. The lowest BCUT2D eigenvalue weighted by molar-refractivity contribution is -0.129. The SMILES string of the molecule is CC(c1ccccc1)N1CC(C(N)c2ccccc2)CC1=O. The van der Waals surface area contributed by atoms with Gasteiger partial charge in [0.05, 0.1) is 6.04 Å². The van der Waals surface area contributed by atoms with Crippen molar-refractivity contribution >= 4 is 5.91 Å². The highest BCUT2D eigenvalue weighted by Gasteiger charge is 2.36. The van der Waals surface area contributed by atoms with Crippen LogP contribution in [0.5, 0.6) is 0 Å². The van der Waals surface area contributed by atoms with Crippen LogP contribution in [-0.2, 0) is 4.79 Å². The maximum absolute atomic E-state index is 12.4. The topological polar surface area (TPSA) is 46.3 Å². The summed E-state index contributed by atoms with van der Waals surface area (Å²) < 4.78 is 0. The van der Waals surface area contributed by atoms with E-state index in [2.05, 4.69) is 19.1 Å². The molecular weight excluding hydrogens is 272 g/mol. The van der Waals surface area contributed by atoms with Crippen LogP contribution in [0.4, 0.5) is 0 Å². The molecule has 2 aromatic rings. The monoisotopic (exact) mass is 294 g/mol. The van der Waals surface area contributed by atoms with Gasteiger partial charge in [0.1, 0.15) is 0 Å². The Hall–Kier alpha value is -2.13. The molecular formula is C19H22N2O. The van der Waals surface area contributed by atoms with Gasteiger partial charge in [-0.15, -0.1) is 0 Å². The molecule has 114 valence electrons. The van der Waals surface area contributed by atoms with Crippen molar-refractivity contribution in [1.82, 2.24) is 4.90 Å². The Morgan fingerprint density at radius 1 is 1.00 bits per heavy atom. The van der Waals surface area contributed by atoms with Gasteiger partial charge in [-0.05, 0) is 18.1 Å². The first-order valence-electron chi connectivity index (χ1n) is 7.81. The second kappa shape index (κ2) is 6.32. The summed E-state index contributed by atoms with van der Waals surface area (Å²) in [6.45, 7) is 2.81. The van der Waals surface area contributed by atoms with Gasteiger partial charge in [0, 0.05) is 24.9 Å².